The van der Waals surface area contributed by atoms with Crippen LogP contribution in [0.2, 0.25) is 0 Å². The van der Waals surface area contributed by atoms with Crippen LogP contribution in [0.5, 0.6) is 0 Å². The number of fused-ring (bicyclic) bond motifs is 1. The summed E-state index contributed by atoms with van der Waals surface area (Å²) in [4.78, 5) is 24.3. The van der Waals surface area contributed by atoms with Crippen molar-refractivity contribution in [3.8, 4) is 0 Å². The Bertz CT molecular complexity index is 1170. The second-order valence-electron chi connectivity index (χ2n) is 10.3. The second kappa shape index (κ2) is 9.32. The Labute approximate surface area is 205 Å². The highest BCUT2D eigenvalue weighted by molar-refractivity contribution is 5.80. The summed E-state index contributed by atoms with van der Waals surface area (Å²) in [6.45, 7) is 0. The summed E-state index contributed by atoms with van der Waals surface area (Å²) in [6.07, 6.45) is 9.99. The molecule has 3 aromatic rings. The van der Waals surface area contributed by atoms with Gasteiger partial charge in [0.2, 0.25) is 11.9 Å². The van der Waals surface area contributed by atoms with Crippen molar-refractivity contribution in [1.82, 2.24) is 25.5 Å². The number of anilines is 3. The summed E-state index contributed by atoms with van der Waals surface area (Å²) in [5, 5.41) is 14.1. The molecule has 3 N–H and O–H groups in total. The maximum atomic E-state index is 12.9. The Morgan fingerprint density at radius 3 is 2.46 bits per heavy atom. The van der Waals surface area contributed by atoms with E-state index >= 15 is 0 Å². The molecule has 3 aliphatic rings. The number of H-pyrrole nitrogens is 1. The van der Waals surface area contributed by atoms with E-state index in [1.165, 1.54) is 29.7 Å². The molecule has 1 aromatic carbocycles. The zero-order valence-electron chi connectivity index (χ0n) is 20.2. The number of aromatic nitrogens is 4. The molecule has 0 aliphatic heterocycles. The van der Waals surface area contributed by atoms with Crippen LogP contribution < -0.4 is 15.5 Å². The van der Waals surface area contributed by atoms with E-state index in [-0.39, 0.29) is 17.9 Å². The number of aromatic amines is 1. The number of nitrogens with one attached hydrogen (secondary N) is 3. The van der Waals surface area contributed by atoms with E-state index in [1.807, 2.05) is 6.07 Å². The smallest absolute Gasteiger partial charge is 0.227 e. The van der Waals surface area contributed by atoms with Gasteiger partial charge in [-0.1, -0.05) is 24.3 Å². The number of amides is 1. The molecule has 0 unspecified atom stereocenters. The van der Waals surface area contributed by atoms with Gasteiger partial charge in [0.1, 0.15) is 5.82 Å². The zero-order valence-corrected chi connectivity index (χ0v) is 20.2. The van der Waals surface area contributed by atoms with E-state index in [9.17, 15) is 4.79 Å². The third-order valence-electron chi connectivity index (χ3n) is 7.84. The first-order chi connectivity index (χ1) is 17.1. The van der Waals surface area contributed by atoms with E-state index in [2.05, 4.69) is 68.1 Å². The van der Waals surface area contributed by atoms with Gasteiger partial charge in [-0.2, -0.15) is 10.1 Å². The summed E-state index contributed by atoms with van der Waals surface area (Å²) in [5.74, 6) is 3.17. The molecule has 8 nitrogen and oxygen atoms in total. The van der Waals surface area contributed by atoms with Gasteiger partial charge < -0.3 is 15.5 Å². The molecule has 3 aliphatic carbocycles. The first-order valence-corrected chi connectivity index (χ1v) is 12.9. The predicted molar refractivity (Wildman–Crippen MR) is 136 cm³/mol. The maximum Gasteiger partial charge on any atom is 0.227 e. The van der Waals surface area contributed by atoms with Gasteiger partial charge >= 0.3 is 0 Å². The van der Waals surface area contributed by atoms with Crippen molar-refractivity contribution < 1.29 is 4.79 Å². The first-order valence-electron chi connectivity index (χ1n) is 12.9. The lowest BCUT2D eigenvalue weighted by molar-refractivity contribution is -0.125. The topological polar surface area (TPSA) is 98.8 Å². The Balaban J connectivity index is 1.01. The molecule has 6 rings (SSSR count). The average molecular weight is 472 g/mol. The van der Waals surface area contributed by atoms with Crippen LogP contribution in [0.3, 0.4) is 0 Å². The van der Waals surface area contributed by atoms with Crippen molar-refractivity contribution in [1.29, 1.82) is 0 Å². The number of carbonyl (C=O) groups excluding carboxylic acids is 1. The first kappa shape index (κ1) is 22.1. The van der Waals surface area contributed by atoms with Crippen molar-refractivity contribution in [2.45, 2.75) is 69.4 Å². The minimum absolute atomic E-state index is 0.0753. The molecule has 0 radical (unpaired) electrons. The van der Waals surface area contributed by atoms with Gasteiger partial charge in [0, 0.05) is 48.9 Å². The SMILES string of the molecule is CN(c1nccc(Nc2cc(C3CC3)[nH]n2)n1)[C@H]1CC[C@H](NC(=O)C2Cc3ccccc3C2)CC1. The van der Waals surface area contributed by atoms with Crippen molar-refractivity contribution >= 4 is 23.5 Å². The molecular weight excluding hydrogens is 438 g/mol. The number of hydrogen-bond acceptors (Lipinski definition) is 6. The van der Waals surface area contributed by atoms with E-state index in [0.29, 0.717) is 17.9 Å². The summed E-state index contributed by atoms with van der Waals surface area (Å²) < 4.78 is 0. The van der Waals surface area contributed by atoms with Gasteiger partial charge in [-0.25, -0.2) is 4.98 Å². The summed E-state index contributed by atoms with van der Waals surface area (Å²) >= 11 is 0. The lowest BCUT2D eigenvalue weighted by Crippen LogP contribution is -2.45. The highest BCUT2D eigenvalue weighted by Crippen LogP contribution is 2.39. The van der Waals surface area contributed by atoms with Crippen molar-refractivity contribution in [3.63, 3.8) is 0 Å². The molecule has 2 heterocycles. The average Bonchev–Trinajstić information content (AvgIpc) is 3.47. The molecule has 2 fully saturated rings. The molecule has 2 saturated carbocycles. The van der Waals surface area contributed by atoms with Gasteiger partial charge in [0.25, 0.3) is 0 Å². The lowest BCUT2D eigenvalue weighted by Gasteiger charge is -2.35. The van der Waals surface area contributed by atoms with Crippen LogP contribution in [0.15, 0.2) is 42.6 Å². The molecule has 0 spiro atoms. The highest BCUT2D eigenvalue weighted by atomic mass is 16.1. The third kappa shape index (κ3) is 4.88. The predicted octanol–water partition coefficient (Wildman–Crippen LogP) is 4.10. The largest absolute Gasteiger partial charge is 0.353 e. The van der Waals surface area contributed by atoms with E-state index < -0.39 is 0 Å². The number of nitrogens with zero attached hydrogens (tertiary/aromatic N) is 4. The van der Waals surface area contributed by atoms with Crippen LogP contribution in [0.25, 0.3) is 0 Å². The molecule has 35 heavy (non-hydrogen) atoms. The van der Waals surface area contributed by atoms with Crippen LogP contribution in [-0.2, 0) is 17.6 Å². The molecule has 182 valence electrons. The molecule has 0 saturated heterocycles. The van der Waals surface area contributed by atoms with Gasteiger partial charge in [0.05, 0.1) is 0 Å². The molecular formula is C27H33N7O. The van der Waals surface area contributed by atoms with Crippen molar-refractivity contribution in [3.05, 3.63) is 59.4 Å². The Morgan fingerprint density at radius 1 is 1.00 bits per heavy atom. The standard InChI is InChI=1S/C27H33N7O/c1-34(27-28-13-12-24(31-27)30-25-16-23(32-33-25)17-6-7-17)22-10-8-21(9-11-22)29-26(35)20-14-18-4-2-3-5-19(18)15-20/h2-5,12-13,16-17,20-22H,6-11,14-15H2,1H3,(H,29,35)(H2,28,30,31,32,33)/t21-,22-. The van der Waals surface area contributed by atoms with Gasteiger partial charge in [-0.05, 0) is 68.6 Å². The normalized spacial score (nSPS) is 22.0. The third-order valence-corrected chi connectivity index (χ3v) is 7.84. The van der Waals surface area contributed by atoms with E-state index in [0.717, 1.165) is 50.2 Å². The fourth-order valence-corrected chi connectivity index (χ4v) is 5.56. The number of benzene rings is 1. The summed E-state index contributed by atoms with van der Waals surface area (Å²) in [7, 11) is 2.07. The number of rotatable bonds is 7. The van der Waals surface area contributed by atoms with E-state index in [1.54, 1.807) is 6.20 Å². The number of hydrogen-bond donors (Lipinski definition) is 3. The molecule has 0 atom stereocenters. The van der Waals surface area contributed by atoms with Crippen LogP contribution in [0, 0.1) is 5.92 Å². The van der Waals surface area contributed by atoms with Crippen molar-refractivity contribution in [2.24, 2.45) is 5.92 Å². The van der Waals surface area contributed by atoms with Crippen LogP contribution >= 0.6 is 0 Å². The van der Waals surface area contributed by atoms with Gasteiger partial charge in [-0.15, -0.1) is 0 Å². The minimum atomic E-state index is 0.0753. The van der Waals surface area contributed by atoms with Gasteiger partial charge in [-0.3, -0.25) is 9.89 Å². The maximum absolute atomic E-state index is 12.9. The van der Waals surface area contributed by atoms with Crippen LogP contribution in [-0.4, -0.2) is 45.2 Å². The fraction of sp³-hybridized carbons (Fsp3) is 0.481. The molecule has 1 amide bonds. The Hall–Kier alpha value is -3.42. The minimum Gasteiger partial charge on any atom is -0.353 e. The lowest BCUT2D eigenvalue weighted by atomic mass is 9.90. The molecule has 2 aromatic heterocycles. The van der Waals surface area contributed by atoms with Crippen molar-refractivity contribution in [2.75, 3.05) is 17.3 Å². The molecule has 0 bridgehead atoms. The van der Waals surface area contributed by atoms with E-state index in [4.69, 9.17) is 4.98 Å². The zero-order chi connectivity index (χ0) is 23.8. The monoisotopic (exact) mass is 471 g/mol. The summed E-state index contributed by atoms with van der Waals surface area (Å²) in [5.41, 5.74) is 3.84. The summed E-state index contributed by atoms with van der Waals surface area (Å²) in [6, 6.07) is 13.0. The number of carbonyl (C=O) groups is 1. The van der Waals surface area contributed by atoms with Crippen LogP contribution in [0.4, 0.5) is 17.6 Å². The Kier molecular flexibility index (Phi) is 5.88. The molecule has 8 heteroatoms. The quantitative estimate of drug-likeness (QED) is 0.480. The van der Waals surface area contributed by atoms with Crippen LogP contribution in [0.1, 0.15) is 61.3 Å². The Morgan fingerprint density at radius 2 is 1.74 bits per heavy atom. The second-order valence-corrected chi connectivity index (χ2v) is 10.3. The van der Waals surface area contributed by atoms with Gasteiger partial charge in [0.15, 0.2) is 5.82 Å². The fourth-order valence-electron chi connectivity index (χ4n) is 5.56. The highest BCUT2D eigenvalue weighted by Gasteiger charge is 2.31.